The molecule has 2 aliphatic rings. The van der Waals surface area contributed by atoms with Crippen LogP contribution in [0.3, 0.4) is 0 Å². The van der Waals surface area contributed by atoms with Gasteiger partial charge in [-0.3, -0.25) is 0 Å². The van der Waals surface area contributed by atoms with Crippen molar-refractivity contribution in [3.05, 3.63) is 65.2 Å². The summed E-state index contributed by atoms with van der Waals surface area (Å²) in [7, 11) is 0. The van der Waals surface area contributed by atoms with E-state index in [4.69, 9.17) is 16.3 Å². The predicted octanol–water partition coefficient (Wildman–Crippen LogP) is 3.46. The molecular formula is C24H25ClF2N6O2. The lowest BCUT2D eigenvalue weighted by Crippen LogP contribution is -2.46. The lowest BCUT2D eigenvalue weighted by Gasteiger charge is -2.35. The maximum Gasteiger partial charge on any atom is 0.225 e. The number of ether oxygens (including phenoxy) is 1. The highest BCUT2D eigenvalue weighted by molar-refractivity contribution is 6.30. The first-order valence-electron chi connectivity index (χ1n) is 11.5. The van der Waals surface area contributed by atoms with Crippen LogP contribution in [0.4, 0.5) is 20.7 Å². The Hall–Kier alpha value is -3.11. The van der Waals surface area contributed by atoms with Gasteiger partial charge in [0.15, 0.2) is 5.75 Å². The molecule has 4 heterocycles. The van der Waals surface area contributed by atoms with Gasteiger partial charge < -0.3 is 19.6 Å². The van der Waals surface area contributed by atoms with Crippen molar-refractivity contribution in [2.45, 2.75) is 24.9 Å². The number of hydrogen-bond acceptors (Lipinski definition) is 8. The highest BCUT2D eigenvalue weighted by atomic mass is 35.5. The zero-order chi connectivity index (χ0) is 24.4. The van der Waals surface area contributed by atoms with Crippen molar-refractivity contribution in [1.82, 2.24) is 19.9 Å². The zero-order valence-electron chi connectivity index (χ0n) is 18.9. The molecule has 3 atom stereocenters. The Balaban J connectivity index is 1.13. The van der Waals surface area contributed by atoms with Crippen molar-refractivity contribution in [3.8, 4) is 5.75 Å². The molecule has 2 saturated heterocycles. The van der Waals surface area contributed by atoms with Crippen LogP contribution in [0.5, 0.6) is 5.75 Å². The molecule has 0 saturated carbocycles. The van der Waals surface area contributed by atoms with Crippen LogP contribution in [0, 0.1) is 17.6 Å². The number of aliphatic hydroxyl groups is 1. The molecule has 1 N–H and O–H groups in total. The van der Waals surface area contributed by atoms with Gasteiger partial charge in [0, 0.05) is 38.0 Å². The molecule has 0 radical (unpaired) electrons. The molecule has 184 valence electrons. The molecule has 35 heavy (non-hydrogen) atoms. The number of halogens is 3. The summed E-state index contributed by atoms with van der Waals surface area (Å²) in [5, 5.41) is 11.1. The fourth-order valence-electron chi connectivity index (χ4n) is 4.60. The molecule has 2 aromatic heterocycles. The molecule has 0 spiro atoms. The van der Waals surface area contributed by atoms with E-state index in [1.54, 1.807) is 12.4 Å². The van der Waals surface area contributed by atoms with Gasteiger partial charge in [-0.2, -0.15) is 0 Å². The SMILES string of the molecule is O[C@H]1CN(c2ncc(Cl)cn2)CC[C@@H]1COc1cnc(N2CC[C@@H](c3cc(F)ccc3F)C2)nc1. The number of piperidine rings is 1. The number of rotatable bonds is 6. The summed E-state index contributed by atoms with van der Waals surface area (Å²) in [6, 6.07) is 3.56. The van der Waals surface area contributed by atoms with Crippen molar-refractivity contribution in [3.63, 3.8) is 0 Å². The normalized spacial score (nSPS) is 22.5. The van der Waals surface area contributed by atoms with Crippen LogP contribution >= 0.6 is 11.6 Å². The Morgan fingerprint density at radius 2 is 1.60 bits per heavy atom. The molecule has 1 aromatic carbocycles. The molecule has 0 amide bonds. The first kappa shape index (κ1) is 23.6. The molecule has 0 bridgehead atoms. The minimum Gasteiger partial charge on any atom is -0.490 e. The molecule has 2 aliphatic heterocycles. The van der Waals surface area contributed by atoms with Crippen LogP contribution in [0.2, 0.25) is 5.02 Å². The van der Waals surface area contributed by atoms with E-state index in [-0.39, 0.29) is 11.8 Å². The summed E-state index contributed by atoms with van der Waals surface area (Å²) < 4.78 is 33.5. The number of anilines is 2. The Morgan fingerprint density at radius 3 is 2.31 bits per heavy atom. The third kappa shape index (κ3) is 5.43. The van der Waals surface area contributed by atoms with E-state index >= 15 is 0 Å². The lowest BCUT2D eigenvalue weighted by molar-refractivity contribution is 0.0611. The fourth-order valence-corrected chi connectivity index (χ4v) is 4.70. The maximum atomic E-state index is 14.1. The minimum atomic E-state index is -0.590. The molecule has 8 nitrogen and oxygen atoms in total. The van der Waals surface area contributed by atoms with E-state index in [2.05, 4.69) is 19.9 Å². The van der Waals surface area contributed by atoms with Gasteiger partial charge in [-0.05, 0) is 36.6 Å². The summed E-state index contributed by atoms with van der Waals surface area (Å²) in [4.78, 5) is 21.1. The minimum absolute atomic E-state index is 0.0428. The Bertz CT molecular complexity index is 1150. The number of benzene rings is 1. The summed E-state index contributed by atoms with van der Waals surface area (Å²) in [5.74, 6) is 0.586. The van der Waals surface area contributed by atoms with Gasteiger partial charge in [0.1, 0.15) is 11.6 Å². The van der Waals surface area contributed by atoms with Gasteiger partial charge in [0.25, 0.3) is 0 Å². The summed E-state index contributed by atoms with van der Waals surface area (Å²) >= 11 is 5.84. The van der Waals surface area contributed by atoms with Crippen LogP contribution in [-0.4, -0.2) is 63.9 Å². The van der Waals surface area contributed by atoms with E-state index in [1.807, 2.05) is 9.80 Å². The van der Waals surface area contributed by atoms with Crippen molar-refractivity contribution < 1.29 is 18.6 Å². The Morgan fingerprint density at radius 1 is 0.943 bits per heavy atom. The van der Waals surface area contributed by atoms with Gasteiger partial charge in [0.2, 0.25) is 11.9 Å². The van der Waals surface area contributed by atoms with Gasteiger partial charge >= 0.3 is 0 Å². The van der Waals surface area contributed by atoms with Gasteiger partial charge in [-0.25, -0.2) is 28.7 Å². The van der Waals surface area contributed by atoms with E-state index in [9.17, 15) is 13.9 Å². The Kier molecular flexibility index (Phi) is 6.92. The van der Waals surface area contributed by atoms with Crippen molar-refractivity contribution in [2.24, 2.45) is 5.92 Å². The average molecular weight is 503 g/mol. The second-order valence-electron chi connectivity index (χ2n) is 8.89. The second-order valence-corrected chi connectivity index (χ2v) is 9.33. The highest BCUT2D eigenvalue weighted by Crippen LogP contribution is 2.31. The van der Waals surface area contributed by atoms with Crippen molar-refractivity contribution in [2.75, 3.05) is 42.6 Å². The van der Waals surface area contributed by atoms with E-state index in [0.29, 0.717) is 67.4 Å². The standard InChI is InChI=1S/C24H25ClF2N6O2/c25-17-8-28-23(29-9-17)33-6-4-16(22(34)13-33)14-35-19-10-30-24(31-11-19)32-5-3-15(12-32)20-7-18(26)1-2-21(20)27/h1-2,7-11,15-16,22,34H,3-6,12-14H2/t15-,16-,22+/m1/s1. The maximum absolute atomic E-state index is 14.1. The van der Waals surface area contributed by atoms with E-state index in [0.717, 1.165) is 12.5 Å². The number of nitrogens with zero attached hydrogens (tertiary/aromatic N) is 6. The van der Waals surface area contributed by atoms with Crippen LogP contribution in [0.15, 0.2) is 43.0 Å². The van der Waals surface area contributed by atoms with Crippen LogP contribution in [0.1, 0.15) is 24.3 Å². The number of aromatic nitrogens is 4. The van der Waals surface area contributed by atoms with Gasteiger partial charge in [0.05, 0.1) is 42.5 Å². The Labute approximate surface area is 206 Å². The molecule has 2 fully saturated rings. The molecule has 0 aliphatic carbocycles. The monoisotopic (exact) mass is 502 g/mol. The average Bonchev–Trinajstić information content (AvgIpc) is 3.36. The number of hydrogen-bond donors (Lipinski definition) is 1. The number of aliphatic hydroxyl groups excluding tert-OH is 1. The molecule has 3 aromatic rings. The summed E-state index contributed by atoms with van der Waals surface area (Å²) in [6.45, 7) is 2.62. The van der Waals surface area contributed by atoms with E-state index < -0.39 is 17.7 Å². The quantitative estimate of drug-likeness (QED) is 0.548. The zero-order valence-corrected chi connectivity index (χ0v) is 19.7. The molecule has 5 rings (SSSR count). The smallest absolute Gasteiger partial charge is 0.225 e. The second kappa shape index (κ2) is 10.2. The molecule has 11 heteroatoms. The highest BCUT2D eigenvalue weighted by Gasteiger charge is 2.30. The molecule has 0 unspecified atom stereocenters. The summed E-state index contributed by atoms with van der Waals surface area (Å²) in [5.41, 5.74) is 0.389. The third-order valence-corrected chi connectivity index (χ3v) is 6.75. The van der Waals surface area contributed by atoms with Crippen LogP contribution < -0.4 is 14.5 Å². The van der Waals surface area contributed by atoms with Crippen LogP contribution in [-0.2, 0) is 0 Å². The fraction of sp³-hybridized carbons (Fsp3) is 0.417. The first-order valence-corrected chi connectivity index (χ1v) is 11.9. The molecular weight excluding hydrogens is 478 g/mol. The van der Waals surface area contributed by atoms with Gasteiger partial charge in [-0.1, -0.05) is 11.6 Å². The van der Waals surface area contributed by atoms with Gasteiger partial charge in [-0.15, -0.1) is 0 Å². The van der Waals surface area contributed by atoms with Crippen molar-refractivity contribution >= 4 is 23.5 Å². The van der Waals surface area contributed by atoms with Crippen LogP contribution in [0.25, 0.3) is 0 Å². The first-order chi connectivity index (χ1) is 17.0. The third-order valence-electron chi connectivity index (χ3n) is 6.56. The van der Waals surface area contributed by atoms with Crippen molar-refractivity contribution in [1.29, 1.82) is 0 Å². The topological polar surface area (TPSA) is 87.5 Å². The number of β-amino-alcohol motifs (C(OH)–C–C–N with tert-alkyl or cyclic N) is 1. The largest absolute Gasteiger partial charge is 0.490 e. The summed E-state index contributed by atoms with van der Waals surface area (Å²) in [6.07, 6.45) is 7.10. The van der Waals surface area contributed by atoms with E-state index in [1.165, 1.54) is 24.5 Å². The predicted molar refractivity (Wildman–Crippen MR) is 127 cm³/mol. The lowest BCUT2D eigenvalue weighted by atomic mass is 9.95.